The Morgan fingerprint density at radius 3 is 2.45 bits per heavy atom. The van der Waals surface area contributed by atoms with Crippen molar-refractivity contribution in [1.82, 2.24) is 0 Å². The van der Waals surface area contributed by atoms with Gasteiger partial charge in [0.15, 0.2) is 0 Å². The highest BCUT2D eigenvalue weighted by atomic mass is 35.5. The predicted molar refractivity (Wildman–Crippen MR) is 87.2 cm³/mol. The Balaban J connectivity index is 1.98. The topological polar surface area (TPSA) is 0 Å². The Kier molecular flexibility index (Phi) is 4.26. The Labute approximate surface area is 134 Å². The first-order valence-corrected chi connectivity index (χ1v) is 8.06. The molecule has 1 aliphatic carbocycles. The second-order valence-corrected chi connectivity index (χ2v) is 6.46. The molecule has 1 unspecified atom stereocenters. The highest BCUT2D eigenvalue weighted by Gasteiger charge is 2.18. The van der Waals surface area contributed by atoms with Gasteiger partial charge in [-0.15, -0.1) is 11.6 Å². The lowest BCUT2D eigenvalue weighted by atomic mass is 9.89. The van der Waals surface area contributed by atoms with Crippen LogP contribution in [0.4, 0.5) is 0 Å². The molecule has 1 atom stereocenters. The van der Waals surface area contributed by atoms with Crippen molar-refractivity contribution in [3.8, 4) is 0 Å². The zero-order valence-corrected chi connectivity index (χ0v) is 13.3. The molecule has 0 heterocycles. The van der Waals surface area contributed by atoms with Crippen molar-refractivity contribution in [2.75, 3.05) is 0 Å². The number of rotatable bonds is 2. The van der Waals surface area contributed by atoms with Crippen LogP contribution in [0.25, 0.3) is 0 Å². The molecule has 0 N–H and O–H groups in total. The quantitative estimate of drug-likeness (QED) is 0.577. The summed E-state index contributed by atoms with van der Waals surface area (Å²) in [6, 6.07) is 12.1. The average molecular weight is 326 g/mol. The molecule has 0 amide bonds. The molecule has 2 aromatic rings. The molecule has 1 aliphatic rings. The molecule has 0 bridgehead atoms. The molecule has 104 valence electrons. The molecule has 0 radical (unpaired) electrons. The molecular formula is C17H15Cl3. The Morgan fingerprint density at radius 2 is 1.65 bits per heavy atom. The first-order valence-electron chi connectivity index (χ1n) is 6.86. The molecule has 0 spiro atoms. The highest BCUT2D eigenvalue weighted by molar-refractivity contribution is 6.43. The SMILES string of the molecule is Clc1cccc(C(Cl)c2ccc3c(c2)CCCC3)c1Cl. The smallest absolute Gasteiger partial charge is 0.0850 e. The molecule has 0 saturated heterocycles. The van der Waals surface area contributed by atoms with Gasteiger partial charge in [-0.2, -0.15) is 0 Å². The van der Waals surface area contributed by atoms with Gasteiger partial charge in [0, 0.05) is 0 Å². The first kappa shape index (κ1) is 14.3. The van der Waals surface area contributed by atoms with Crippen LogP contribution in [0.2, 0.25) is 10.0 Å². The van der Waals surface area contributed by atoms with E-state index < -0.39 is 0 Å². The maximum atomic E-state index is 6.61. The van der Waals surface area contributed by atoms with Crippen molar-refractivity contribution < 1.29 is 0 Å². The number of aryl methyl sites for hydroxylation is 2. The van der Waals surface area contributed by atoms with Gasteiger partial charge in [0.25, 0.3) is 0 Å². The number of alkyl halides is 1. The standard InChI is InChI=1S/C17H15Cl3/c18-15-7-3-6-14(17(15)20)16(19)13-9-8-11-4-1-2-5-12(11)10-13/h3,6-10,16H,1-2,4-5H2. The molecule has 0 saturated carbocycles. The van der Waals surface area contributed by atoms with Crippen LogP contribution in [0.3, 0.4) is 0 Å². The lowest BCUT2D eigenvalue weighted by Crippen LogP contribution is -2.04. The minimum atomic E-state index is -0.256. The van der Waals surface area contributed by atoms with Crippen LogP contribution in [-0.4, -0.2) is 0 Å². The fourth-order valence-electron chi connectivity index (χ4n) is 2.81. The van der Waals surface area contributed by atoms with Crippen molar-refractivity contribution >= 4 is 34.8 Å². The molecule has 3 heteroatoms. The van der Waals surface area contributed by atoms with E-state index in [-0.39, 0.29) is 5.38 Å². The summed E-state index contributed by atoms with van der Waals surface area (Å²) in [7, 11) is 0. The predicted octanol–water partition coefficient (Wildman–Crippen LogP) is 6.20. The third-order valence-corrected chi connectivity index (χ3v) is 5.24. The Bertz CT molecular complexity index is 634. The van der Waals surface area contributed by atoms with Crippen LogP contribution in [-0.2, 0) is 12.8 Å². The summed E-state index contributed by atoms with van der Waals surface area (Å²) in [4.78, 5) is 0. The molecule has 0 aliphatic heterocycles. The van der Waals surface area contributed by atoms with Crippen LogP contribution in [0.15, 0.2) is 36.4 Å². The zero-order valence-electron chi connectivity index (χ0n) is 11.0. The normalized spacial score (nSPS) is 15.8. The molecule has 2 aromatic carbocycles. The molecule has 0 nitrogen and oxygen atoms in total. The van der Waals surface area contributed by atoms with Crippen LogP contribution in [0.1, 0.15) is 40.5 Å². The second kappa shape index (κ2) is 5.97. The van der Waals surface area contributed by atoms with Gasteiger partial charge in [-0.25, -0.2) is 0 Å². The largest absolute Gasteiger partial charge is 0.113 e. The van der Waals surface area contributed by atoms with Gasteiger partial charge in [0.1, 0.15) is 0 Å². The van der Waals surface area contributed by atoms with Crippen molar-refractivity contribution in [3.05, 3.63) is 68.7 Å². The summed E-state index contributed by atoms with van der Waals surface area (Å²) in [5.41, 5.74) is 4.85. The van der Waals surface area contributed by atoms with Gasteiger partial charge in [-0.1, -0.05) is 53.5 Å². The summed E-state index contributed by atoms with van der Waals surface area (Å²) in [5.74, 6) is 0. The second-order valence-electron chi connectivity index (χ2n) is 5.24. The van der Waals surface area contributed by atoms with E-state index in [9.17, 15) is 0 Å². The van der Waals surface area contributed by atoms with Crippen molar-refractivity contribution in [2.24, 2.45) is 0 Å². The van der Waals surface area contributed by atoms with Gasteiger partial charge in [-0.3, -0.25) is 0 Å². The summed E-state index contributed by atoms with van der Waals surface area (Å²) < 4.78 is 0. The number of hydrogen-bond donors (Lipinski definition) is 0. The van der Waals surface area contributed by atoms with Crippen molar-refractivity contribution in [2.45, 2.75) is 31.1 Å². The van der Waals surface area contributed by atoms with E-state index in [0.717, 1.165) is 17.5 Å². The summed E-state index contributed by atoms with van der Waals surface area (Å²) >= 11 is 18.9. The van der Waals surface area contributed by atoms with Gasteiger partial charge >= 0.3 is 0 Å². The maximum Gasteiger partial charge on any atom is 0.0850 e. The summed E-state index contributed by atoms with van der Waals surface area (Å²) in [6.45, 7) is 0. The van der Waals surface area contributed by atoms with Crippen LogP contribution in [0.5, 0.6) is 0 Å². The number of hydrogen-bond acceptors (Lipinski definition) is 0. The Morgan fingerprint density at radius 1 is 0.900 bits per heavy atom. The summed E-state index contributed by atoms with van der Waals surface area (Å²) in [6.07, 6.45) is 4.88. The molecule has 0 aromatic heterocycles. The number of benzene rings is 2. The van der Waals surface area contributed by atoms with Crippen LogP contribution >= 0.6 is 34.8 Å². The molecule has 3 rings (SSSR count). The third-order valence-electron chi connectivity index (χ3n) is 3.92. The highest BCUT2D eigenvalue weighted by Crippen LogP contribution is 2.38. The van der Waals surface area contributed by atoms with Crippen molar-refractivity contribution in [3.63, 3.8) is 0 Å². The van der Waals surface area contributed by atoms with Crippen LogP contribution < -0.4 is 0 Å². The molecule has 0 fully saturated rings. The number of fused-ring (bicyclic) bond motifs is 1. The summed E-state index contributed by atoms with van der Waals surface area (Å²) in [5, 5.41) is 0.841. The van der Waals surface area contributed by atoms with Gasteiger partial charge in [0.05, 0.1) is 15.4 Å². The van der Waals surface area contributed by atoms with E-state index in [4.69, 9.17) is 34.8 Å². The maximum absolute atomic E-state index is 6.61. The fourth-order valence-corrected chi connectivity index (χ4v) is 3.60. The molecular weight excluding hydrogens is 311 g/mol. The number of halogens is 3. The zero-order chi connectivity index (χ0) is 14.1. The van der Waals surface area contributed by atoms with Gasteiger partial charge in [0.2, 0.25) is 0 Å². The van der Waals surface area contributed by atoms with E-state index in [1.54, 1.807) is 6.07 Å². The lowest BCUT2D eigenvalue weighted by Gasteiger charge is -2.19. The van der Waals surface area contributed by atoms with E-state index >= 15 is 0 Å². The lowest BCUT2D eigenvalue weighted by molar-refractivity contribution is 0.684. The van der Waals surface area contributed by atoms with Gasteiger partial charge < -0.3 is 0 Å². The average Bonchev–Trinajstić information content (AvgIpc) is 2.49. The monoisotopic (exact) mass is 324 g/mol. The molecule has 20 heavy (non-hydrogen) atoms. The Hall–Kier alpha value is -0.690. The minimum absolute atomic E-state index is 0.256. The van der Waals surface area contributed by atoms with Crippen molar-refractivity contribution in [1.29, 1.82) is 0 Å². The first-order chi connectivity index (χ1) is 9.66. The van der Waals surface area contributed by atoms with E-state index in [1.807, 2.05) is 12.1 Å². The fraction of sp³-hybridized carbons (Fsp3) is 0.294. The van der Waals surface area contributed by atoms with E-state index in [2.05, 4.69) is 18.2 Å². The van der Waals surface area contributed by atoms with Crippen LogP contribution in [0, 0.1) is 0 Å². The van der Waals surface area contributed by atoms with E-state index in [0.29, 0.717) is 10.0 Å². The van der Waals surface area contributed by atoms with E-state index in [1.165, 1.54) is 30.4 Å². The minimum Gasteiger partial charge on any atom is -0.113 e. The van der Waals surface area contributed by atoms with Gasteiger partial charge in [-0.05, 0) is 54.0 Å². The third kappa shape index (κ3) is 2.70.